The quantitative estimate of drug-likeness (QED) is 0.833. The van der Waals surface area contributed by atoms with Gasteiger partial charge in [-0.1, -0.05) is 42.5 Å². The van der Waals surface area contributed by atoms with E-state index in [0.29, 0.717) is 17.4 Å². The van der Waals surface area contributed by atoms with Gasteiger partial charge in [-0.25, -0.2) is 0 Å². The topological polar surface area (TPSA) is 50.4 Å². The number of rotatable bonds is 5. The minimum Gasteiger partial charge on any atom is -0.484 e. The van der Waals surface area contributed by atoms with Crippen molar-refractivity contribution in [3.63, 3.8) is 0 Å². The third-order valence-corrected chi connectivity index (χ3v) is 3.15. The number of carbonyl (C=O) groups is 1. The molecule has 0 aliphatic heterocycles. The number of amides is 1. The van der Waals surface area contributed by atoms with Crippen LogP contribution in [0.3, 0.4) is 0 Å². The third kappa shape index (κ3) is 5.54. The number of ether oxygens (including phenoxy) is 1. The Morgan fingerprint density at radius 2 is 1.91 bits per heavy atom. The fourth-order valence-electron chi connectivity index (χ4n) is 1.84. The molecule has 22 heavy (non-hydrogen) atoms. The molecule has 0 spiro atoms. The van der Waals surface area contributed by atoms with Crippen molar-refractivity contribution in [2.45, 2.75) is 13.5 Å². The molecule has 0 saturated heterocycles. The second-order valence-electron chi connectivity index (χ2n) is 4.82. The van der Waals surface area contributed by atoms with Gasteiger partial charge in [0, 0.05) is 6.54 Å². The molecule has 0 bridgehead atoms. The van der Waals surface area contributed by atoms with E-state index in [1.54, 1.807) is 0 Å². The van der Waals surface area contributed by atoms with Crippen LogP contribution in [0.5, 0.6) is 5.75 Å². The van der Waals surface area contributed by atoms with Crippen LogP contribution < -0.4 is 15.4 Å². The minimum atomic E-state index is -0.285. The first-order valence-electron chi connectivity index (χ1n) is 6.94. The maximum absolute atomic E-state index is 11.8. The predicted octanol–water partition coefficient (Wildman–Crippen LogP) is 2.56. The van der Waals surface area contributed by atoms with E-state index in [4.69, 9.17) is 17.0 Å². The molecule has 0 aromatic heterocycles. The summed E-state index contributed by atoms with van der Waals surface area (Å²) in [4.78, 5) is 11.8. The molecule has 2 N–H and O–H groups in total. The number of benzene rings is 2. The second-order valence-corrected chi connectivity index (χ2v) is 5.23. The van der Waals surface area contributed by atoms with Gasteiger partial charge < -0.3 is 15.4 Å². The minimum absolute atomic E-state index is 0.0728. The molecule has 0 radical (unpaired) electrons. The van der Waals surface area contributed by atoms with Crippen LogP contribution in [-0.2, 0) is 11.3 Å². The Morgan fingerprint density at radius 3 is 2.64 bits per heavy atom. The lowest BCUT2D eigenvalue weighted by Gasteiger charge is -2.10. The highest BCUT2D eigenvalue weighted by Gasteiger charge is 2.05. The Bertz CT molecular complexity index is 644. The summed E-state index contributed by atoms with van der Waals surface area (Å²) >= 11 is 5.08. The highest BCUT2D eigenvalue weighted by Crippen LogP contribution is 2.11. The summed E-state index contributed by atoms with van der Waals surface area (Å²) in [6, 6.07) is 17.4. The first-order chi connectivity index (χ1) is 10.6. The van der Waals surface area contributed by atoms with Gasteiger partial charge in [0.1, 0.15) is 5.75 Å². The zero-order valence-corrected chi connectivity index (χ0v) is 13.2. The summed E-state index contributed by atoms with van der Waals surface area (Å²) < 4.78 is 5.41. The maximum atomic E-state index is 11.8. The van der Waals surface area contributed by atoms with Crippen molar-refractivity contribution in [3.05, 3.63) is 65.7 Å². The molecule has 2 aromatic carbocycles. The van der Waals surface area contributed by atoms with E-state index < -0.39 is 0 Å². The smallest absolute Gasteiger partial charge is 0.264 e. The average molecular weight is 314 g/mol. The van der Waals surface area contributed by atoms with Gasteiger partial charge in [0.15, 0.2) is 11.7 Å². The Hall–Kier alpha value is -2.40. The summed E-state index contributed by atoms with van der Waals surface area (Å²) in [7, 11) is 0. The van der Waals surface area contributed by atoms with E-state index >= 15 is 0 Å². The van der Waals surface area contributed by atoms with E-state index in [2.05, 4.69) is 10.6 Å². The lowest BCUT2D eigenvalue weighted by molar-refractivity contribution is -0.121. The van der Waals surface area contributed by atoms with Crippen LogP contribution >= 0.6 is 12.2 Å². The van der Waals surface area contributed by atoms with Gasteiger partial charge in [0.25, 0.3) is 5.91 Å². The Morgan fingerprint density at radius 1 is 1.14 bits per heavy atom. The normalized spacial score (nSPS) is 9.86. The highest BCUT2D eigenvalue weighted by molar-refractivity contribution is 7.80. The number of hydrogen-bond acceptors (Lipinski definition) is 3. The molecule has 2 aromatic rings. The first kappa shape index (κ1) is 16.0. The Labute approximate surface area is 135 Å². The van der Waals surface area contributed by atoms with Gasteiger partial charge in [-0.15, -0.1) is 0 Å². The molecular formula is C17H18N2O2S. The van der Waals surface area contributed by atoms with Crippen molar-refractivity contribution >= 4 is 23.2 Å². The molecule has 0 saturated carbocycles. The summed E-state index contributed by atoms with van der Waals surface area (Å²) in [6.45, 7) is 2.46. The van der Waals surface area contributed by atoms with E-state index in [9.17, 15) is 4.79 Å². The summed E-state index contributed by atoms with van der Waals surface area (Å²) in [5, 5.41) is 5.87. The standard InChI is InChI=1S/C17H18N2O2S/c1-13-6-5-9-15(10-13)21-12-16(20)19-17(22)18-11-14-7-3-2-4-8-14/h2-10H,11-12H2,1H3,(H2,18,19,20,22). The number of thiocarbonyl (C=S) groups is 1. The Kier molecular flexibility index (Phi) is 5.91. The van der Waals surface area contributed by atoms with Crippen molar-refractivity contribution < 1.29 is 9.53 Å². The van der Waals surface area contributed by atoms with E-state index in [-0.39, 0.29) is 12.5 Å². The van der Waals surface area contributed by atoms with Gasteiger partial charge in [-0.3, -0.25) is 4.79 Å². The van der Waals surface area contributed by atoms with Crippen LogP contribution in [0.25, 0.3) is 0 Å². The van der Waals surface area contributed by atoms with Crippen LogP contribution in [0.2, 0.25) is 0 Å². The molecule has 0 fully saturated rings. The largest absolute Gasteiger partial charge is 0.484 e. The van der Waals surface area contributed by atoms with Gasteiger partial charge in [-0.2, -0.15) is 0 Å². The van der Waals surface area contributed by atoms with Crippen LogP contribution in [-0.4, -0.2) is 17.6 Å². The zero-order valence-electron chi connectivity index (χ0n) is 12.3. The summed E-state index contributed by atoms with van der Waals surface area (Å²) in [5.74, 6) is 0.380. The fraction of sp³-hybridized carbons (Fsp3) is 0.176. The van der Waals surface area contributed by atoms with Gasteiger partial charge in [0.05, 0.1) is 0 Å². The lowest BCUT2D eigenvalue weighted by Crippen LogP contribution is -2.41. The summed E-state index contributed by atoms with van der Waals surface area (Å²) in [5.41, 5.74) is 2.17. The van der Waals surface area contributed by atoms with Crippen molar-refractivity contribution in [2.75, 3.05) is 6.61 Å². The van der Waals surface area contributed by atoms with Crippen molar-refractivity contribution in [2.24, 2.45) is 0 Å². The number of hydrogen-bond donors (Lipinski definition) is 2. The molecule has 0 atom stereocenters. The van der Waals surface area contributed by atoms with Crippen LogP contribution in [0, 0.1) is 6.92 Å². The zero-order chi connectivity index (χ0) is 15.8. The molecule has 0 unspecified atom stereocenters. The predicted molar refractivity (Wildman–Crippen MR) is 90.7 cm³/mol. The molecule has 0 aliphatic rings. The average Bonchev–Trinajstić information content (AvgIpc) is 2.52. The molecule has 4 nitrogen and oxygen atoms in total. The number of nitrogens with one attached hydrogen (secondary N) is 2. The number of aryl methyl sites for hydroxylation is 1. The van der Waals surface area contributed by atoms with Crippen molar-refractivity contribution in [1.29, 1.82) is 0 Å². The highest BCUT2D eigenvalue weighted by atomic mass is 32.1. The lowest BCUT2D eigenvalue weighted by atomic mass is 10.2. The van der Waals surface area contributed by atoms with E-state index in [1.807, 2.05) is 61.5 Å². The SMILES string of the molecule is Cc1cccc(OCC(=O)NC(=S)NCc2ccccc2)c1. The van der Waals surface area contributed by atoms with E-state index in [1.165, 1.54) is 0 Å². The number of carbonyl (C=O) groups excluding carboxylic acids is 1. The molecule has 114 valence electrons. The van der Waals surface area contributed by atoms with Gasteiger partial charge in [-0.05, 0) is 42.4 Å². The van der Waals surface area contributed by atoms with Crippen LogP contribution in [0.15, 0.2) is 54.6 Å². The van der Waals surface area contributed by atoms with Gasteiger partial charge >= 0.3 is 0 Å². The fourth-order valence-corrected chi connectivity index (χ4v) is 2.03. The molecular weight excluding hydrogens is 296 g/mol. The molecule has 0 aliphatic carbocycles. The van der Waals surface area contributed by atoms with Crippen molar-refractivity contribution in [1.82, 2.24) is 10.6 Å². The third-order valence-electron chi connectivity index (χ3n) is 2.91. The monoisotopic (exact) mass is 314 g/mol. The second kappa shape index (κ2) is 8.14. The molecule has 2 rings (SSSR count). The molecule has 0 heterocycles. The van der Waals surface area contributed by atoms with E-state index in [0.717, 1.165) is 11.1 Å². The summed E-state index contributed by atoms with van der Waals surface area (Å²) in [6.07, 6.45) is 0. The van der Waals surface area contributed by atoms with Crippen molar-refractivity contribution in [3.8, 4) is 5.75 Å². The van der Waals surface area contributed by atoms with Crippen LogP contribution in [0.4, 0.5) is 0 Å². The molecule has 5 heteroatoms. The molecule has 1 amide bonds. The first-order valence-corrected chi connectivity index (χ1v) is 7.35. The van der Waals surface area contributed by atoms with Crippen LogP contribution in [0.1, 0.15) is 11.1 Å². The maximum Gasteiger partial charge on any atom is 0.264 e. The Balaban J connectivity index is 1.71. The van der Waals surface area contributed by atoms with Gasteiger partial charge in [0.2, 0.25) is 0 Å².